The molecule has 0 aliphatic rings. The molecule has 1 unspecified atom stereocenters. The molecule has 0 heterocycles. The van der Waals surface area contributed by atoms with E-state index in [2.05, 4.69) is 5.32 Å². The van der Waals surface area contributed by atoms with Gasteiger partial charge in [-0.15, -0.1) is 0 Å². The standard InChI is InChI=1S/C17H16FNO2/c1-12(20)19-16(13-7-9-15(18)10-8-13)11-17(21)14-5-3-2-4-6-14/h2-10,16H,11H2,1H3,(H,19,20). The lowest BCUT2D eigenvalue weighted by Gasteiger charge is -2.17. The summed E-state index contributed by atoms with van der Waals surface area (Å²) in [4.78, 5) is 23.6. The molecule has 0 aliphatic heterocycles. The third-order valence-electron chi connectivity index (χ3n) is 3.14. The van der Waals surface area contributed by atoms with Crippen molar-refractivity contribution in [3.63, 3.8) is 0 Å². The number of hydrogen-bond donors (Lipinski definition) is 1. The van der Waals surface area contributed by atoms with Gasteiger partial charge < -0.3 is 5.32 Å². The zero-order chi connectivity index (χ0) is 15.2. The SMILES string of the molecule is CC(=O)NC(CC(=O)c1ccccc1)c1ccc(F)cc1. The van der Waals surface area contributed by atoms with E-state index in [-0.39, 0.29) is 23.9 Å². The van der Waals surface area contributed by atoms with Crippen molar-refractivity contribution in [1.29, 1.82) is 0 Å². The summed E-state index contributed by atoms with van der Waals surface area (Å²) in [7, 11) is 0. The van der Waals surface area contributed by atoms with E-state index in [9.17, 15) is 14.0 Å². The van der Waals surface area contributed by atoms with Crippen molar-refractivity contribution >= 4 is 11.7 Å². The number of carbonyl (C=O) groups is 2. The molecule has 2 aromatic carbocycles. The molecular formula is C17H16FNO2. The van der Waals surface area contributed by atoms with E-state index in [0.717, 1.165) is 0 Å². The Balaban J connectivity index is 2.18. The predicted molar refractivity (Wildman–Crippen MR) is 78.3 cm³/mol. The molecule has 1 atom stereocenters. The van der Waals surface area contributed by atoms with Crippen LogP contribution in [0, 0.1) is 5.82 Å². The van der Waals surface area contributed by atoms with Crippen molar-refractivity contribution in [3.8, 4) is 0 Å². The fourth-order valence-corrected chi connectivity index (χ4v) is 2.12. The van der Waals surface area contributed by atoms with Crippen LogP contribution in [0.5, 0.6) is 0 Å². The van der Waals surface area contributed by atoms with Crippen molar-refractivity contribution in [1.82, 2.24) is 5.32 Å². The van der Waals surface area contributed by atoms with E-state index in [4.69, 9.17) is 0 Å². The zero-order valence-electron chi connectivity index (χ0n) is 11.7. The summed E-state index contributed by atoms with van der Waals surface area (Å²) < 4.78 is 13.0. The van der Waals surface area contributed by atoms with Gasteiger partial charge in [-0.3, -0.25) is 9.59 Å². The van der Waals surface area contributed by atoms with E-state index in [1.165, 1.54) is 19.1 Å². The van der Waals surface area contributed by atoms with Gasteiger partial charge in [0.1, 0.15) is 5.82 Å². The first kappa shape index (κ1) is 14.9. The number of rotatable bonds is 5. The van der Waals surface area contributed by atoms with Crippen LogP contribution in [-0.2, 0) is 4.79 Å². The van der Waals surface area contributed by atoms with E-state index < -0.39 is 6.04 Å². The van der Waals surface area contributed by atoms with Crippen molar-refractivity contribution in [2.45, 2.75) is 19.4 Å². The molecule has 4 heteroatoms. The van der Waals surface area contributed by atoms with Crippen LogP contribution >= 0.6 is 0 Å². The minimum absolute atomic E-state index is 0.0707. The number of halogens is 1. The van der Waals surface area contributed by atoms with Crippen LogP contribution in [0.15, 0.2) is 54.6 Å². The first-order valence-corrected chi connectivity index (χ1v) is 6.67. The van der Waals surface area contributed by atoms with Crippen LogP contribution in [0.4, 0.5) is 4.39 Å². The van der Waals surface area contributed by atoms with Crippen LogP contribution in [0.1, 0.15) is 35.3 Å². The van der Waals surface area contributed by atoms with Gasteiger partial charge in [0.15, 0.2) is 5.78 Å². The lowest BCUT2D eigenvalue weighted by Crippen LogP contribution is -2.28. The zero-order valence-corrected chi connectivity index (χ0v) is 11.7. The quantitative estimate of drug-likeness (QED) is 0.857. The van der Waals surface area contributed by atoms with Gasteiger partial charge in [0.25, 0.3) is 0 Å². The van der Waals surface area contributed by atoms with Gasteiger partial charge in [0, 0.05) is 18.9 Å². The van der Waals surface area contributed by atoms with Gasteiger partial charge in [0.05, 0.1) is 6.04 Å². The van der Waals surface area contributed by atoms with Crippen LogP contribution in [0.3, 0.4) is 0 Å². The number of nitrogens with one attached hydrogen (secondary N) is 1. The van der Waals surface area contributed by atoms with E-state index >= 15 is 0 Å². The molecule has 3 nitrogen and oxygen atoms in total. The Kier molecular flexibility index (Phi) is 4.82. The Labute approximate surface area is 122 Å². The predicted octanol–water partition coefficient (Wildman–Crippen LogP) is 3.28. The summed E-state index contributed by atoms with van der Waals surface area (Å²) in [6.45, 7) is 1.39. The topological polar surface area (TPSA) is 46.2 Å². The van der Waals surface area contributed by atoms with Crippen LogP contribution in [-0.4, -0.2) is 11.7 Å². The maximum absolute atomic E-state index is 13.0. The third-order valence-corrected chi connectivity index (χ3v) is 3.14. The monoisotopic (exact) mass is 285 g/mol. The molecule has 0 saturated carbocycles. The van der Waals surface area contributed by atoms with Crippen LogP contribution in [0.25, 0.3) is 0 Å². The molecule has 108 valence electrons. The molecular weight excluding hydrogens is 269 g/mol. The van der Waals surface area contributed by atoms with Crippen molar-refractivity contribution in [2.24, 2.45) is 0 Å². The molecule has 0 saturated heterocycles. The second kappa shape index (κ2) is 6.79. The first-order chi connectivity index (χ1) is 10.1. The minimum atomic E-state index is -0.462. The third kappa shape index (κ3) is 4.24. The van der Waals surface area contributed by atoms with Crippen molar-refractivity contribution in [3.05, 3.63) is 71.5 Å². The number of benzene rings is 2. The molecule has 0 fully saturated rings. The summed E-state index contributed by atoms with van der Waals surface area (Å²) in [5.41, 5.74) is 1.30. The van der Waals surface area contributed by atoms with E-state index in [0.29, 0.717) is 11.1 Å². The smallest absolute Gasteiger partial charge is 0.217 e. The Morgan fingerprint density at radius 3 is 2.24 bits per heavy atom. The van der Waals surface area contributed by atoms with Gasteiger partial charge in [-0.05, 0) is 17.7 Å². The Morgan fingerprint density at radius 1 is 1.05 bits per heavy atom. The average molecular weight is 285 g/mol. The highest BCUT2D eigenvalue weighted by atomic mass is 19.1. The maximum atomic E-state index is 13.0. The molecule has 2 aromatic rings. The normalized spacial score (nSPS) is 11.7. The number of hydrogen-bond acceptors (Lipinski definition) is 2. The first-order valence-electron chi connectivity index (χ1n) is 6.67. The summed E-state index contributed by atoms with van der Waals surface area (Å²) in [6.07, 6.45) is 0.134. The van der Waals surface area contributed by atoms with E-state index in [1.807, 2.05) is 6.07 Å². The minimum Gasteiger partial charge on any atom is -0.349 e. The number of carbonyl (C=O) groups excluding carboxylic acids is 2. The van der Waals surface area contributed by atoms with Crippen LogP contribution < -0.4 is 5.32 Å². The summed E-state index contributed by atoms with van der Waals surface area (Å²) >= 11 is 0. The highest BCUT2D eigenvalue weighted by Crippen LogP contribution is 2.20. The molecule has 0 bridgehead atoms. The average Bonchev–Trinajstić information content (AvgIpc) is 2.48. The Hall–Kier alpha value is -2.49. The van der Waals surface area contributed by atoms with Gasteiger partial charge in [-0.25, -0.2) is 4.39 Å². The van der Waals surface area contributed by atoms with Gasteiger partial charge >= 0.3 is 0 Å². The molecule has 2 rings (SSSR count). The van der Waals surface area contributed by atoms with E-state index in [1.54, 1.807) is 36.4 Å². The summed E-state index contributed by atoms with van der Waals surface area (Å²) in [5.74, 6) is -0.654. The molecule has 0 spiro atoms. The molecule has 1 amide bonds. The molecule has 0 aromatic heterocycles. The summed E-state index contributed by atoms with van der Waals surface area (Å²) in [5, 5.41) is 2.73. The number of ketones is 1. The molecule has 0 radical (unpaired) electrons. The Morgan fingerprint density at radius 2 is 1.67 bits per heavy atom. The van der Waals surface area contributed by atoms with Crippen LogP contribution in [0.2, 0.25) is 0 Å². The second-order valence-electron chi connectivity index (χ2n) is 4.80. The highest BCUT2D eigenvalue weighted by Gasteiger charge is 2.18. The molecule has 0 aliphatic carbocycles. The lowest BCUT2D eigenvalue weighted by molar-refractivity contribution is -0.119. The number of amides is 1. The maximum Gasteiger partial charge on any atom is 0.217 e. The largest absolute Gasteiger partial charge is 0.349 e. The fourth-order valence-electron chi connectivity index (χ4n) is 2.12. The van der Waals surface area contributed by atoms with Gasteiger partial charge in [-0.2, -0.15) is 0 Å². The summed E-state index contributed by atoms with van der Waals surface area (Å²) in [6, 6.07) is 14.2. The van der Waals surface area contributed by atoms with Gasteiger partial charge in [0.2, 0.25) is 5.91 Å². The number of Topliss-reactive ketones (excluding diaryl/α,β-unsaturated/α-hetero) is 1. The van der Waals surface area contributed by atoms with Crippen molar-refractivity contribution in [2.75, 3.05) is 0 Å². The lowest BCUT2D eigenvalue weighted by atomic mass is 9.98. The van der Waals surface area contributed by atoms with Gasteiger partial charge in [-0.1, -0.05) is 42.5 Å². The second-order valence-corrected chi connectivity index (χ2v) is 4.80. The highest BCUT2D eigenvalue weighted by molar-refractivity contribution is 5.96. The van der Waals surface area contributed by atoms with Crippen molar-refractivity contribution < 1.29 is 14.0 Å². The fraction of sp³-hybridized carbons (Fsp3) is 0.176. The molecule has 1 N–H and O–H groups in total. The Bertz CT molecular complexity index is 623. The molecule has 21 heavy (non-hydrogen) atoms.